The summed E-state index contributed by atoms with van der Waals surface area (Å²) >= 11 is 0. The normalized spacial score (nSPS) is 10.3. The second kappa shape index (κ2) is 8.86. The lowest BCUT2D eigenvalue weighted by atomic mass is 10.3. The molecule has 24 heavy (non-hydrogen) atoms. The van der Waals surface area contributed by atoms with Crippen molar-refractivity contribution in [3.05, 3.63) is 42.4 Å². The summed E-state index contributed by atoms with van der Waals surface area (Å²) in [4.78, 5) is 22.9. The van der Waals surface area contributed by atoms with Crippen molar-refractivity contribution in [1.82, 2.24) is 9.97 Å². The molecule has 0 saturated heterocycles. The molecule has 0 aliphatic rings. The lowest BCUT2D eigenvalue weighted by Crippen LogP contribution is -2.21. The van der Waals surface area contributed by atoms with Gasteiger partial charge in [-0.05, 0) is 25.5 Å². The van der Waals surface area contributed by atoms with Gasteiger partial charge in [-0.2, -0.15) is 0 Å². The molecule has 1 N–H and O–H groups in total. The molecule has 1 aromatic carbocycles. The van der Waals surface area contributed by atoms with E-state index in [-0.39, 0.29) is 11.6 Å². The highest BCUT2D eigenvalue weighted by molar-refractivity contribution is 6.03. The van der Waals surface area contributed by atoms with Gasteiger partial charge in [0, 0.05) is 13.6 Å². The minimum atomic E-state index is -0.308. The third kappa shape index (κ3) is 4.68. The van der Waals surface area contributed by atoms with Crippen LogP contribution in [0.4, 0.5) is 11.5 Å². The number of unbranched alkanes of at least 4 members (excludes halogenated alkanes) is 1. The van der Waals surface area contributed by atoms with Crippen LogP contribution in [0.1, 0.15) is 37.2 Å². The van der Waals surface area contributed by atoms with Gasteiger partial charge < -0.3 is 15.0 Å². The van der Waals surface area contributed by atoms with Crippen LogP contribution in [0.2, 0.25) is 0 Å². The number of anilines is 2. The van der Waals surface area contributed by atoms with Crippen LogP contribution >= 0.6 is 0 Å². The first-order valence-electron chi connectivity index (χ1n) is 8.22. The summed E-state index contributed by atoms with van der Waals surface area (Å²) in [6, 6.07) is 7.32. The molecule has 6 heteroatoms. The number of nitrogens with zero attached hydrogens (tertiary/aromatic N) is 3. The van der Waals surface area contributed by atoms with Crippen LogP contribution in [-0.2, 0) is 0 Å². The Morgan fingerprint density at radius 3 is 2.67 bits per heavy atom. The first-order valence-corrected chi connectivity index (χ1v) is 8.22. The van der Waals surface area contributed by atoms with Gasteiger partial charge >= 0.3 is 0 Å². The number of rotatable bonds is 8. The zero-order valence-electron chi connectivity index (χ0n) is 14.5. The fourth-order valence-electron chi connectivity index (χ4n) is 2.18. The van der Waals surface area contributed by atoms with Gasteiger partial charge in [0.2, 0.25) is 0 Å². The van der Waals surface area contributed by atoms with Crippen LogP contribution in [0.5, 0.6) is 5.75 Å². The number of amides is 1. The van der Waals surface area contributed by atoms with E-state index < -0.39 is 0 Å². The zero-order valence-corrected chi connectivity index (χ0v) is 14.5. The van der Waals surface area contributed by atoms with Crippen molar-refractivity contribution in [2.24, 2.45) is 0 Å². The summed E-state index contributed by atoms with van der Waals surface area (Å²) in [5.74, 6) is 1.09. The van der Waals surface area contributed by atoms with E-state index in [0.717, 1.165) is 25.2 Å². The minimum absolute atomic E-state index is 0.272. The quantitative estimate of drug-likeness (QED) is 0.805. The predicted molar refractivity (Wildman–Crippen MR) is 95.8 cm³/mol. The summed E-state index contributed by atoms with van der Waals surface area (Å²) in [7, 11) is 1.97. The Labute approximate surface area is 142 Å². The van der Waals surface area contributed by atoms with Crippen molar-refractivity contribution in [3.63, 3.8) is 0 Å². The highest BCUT2D eigenvalue weighted by atomic mass is 16.5. The van der Waals surface area contributed by atoms with Gasteiger partial charge in [0.05, 0.1) is 24.7 Å². The van der Waals surface area contributed by atoms with Gasteiger partial charge in [0.1, 0.15) is 17.3 Å². The molecular weight excluding hydrogens is 304 g/mol. The van der Waals surface area contributed by atoms with E-state index in [9.17, 15) is 4.79 Å². The van der Waals surface area contributed by atoms with Crippen LogP contribution in [0.15, 0.2) is 36.7 Å². The Kier molecular flexibility index (Phi) is 6.54. The number of carbonyl (C=O) groups excluding carboxylic acids is 1. The average molecular weight is 328 g/mol. The molecule has 6 nitrogen and oxygen atoms in total. The number of hydrogen-bond donors (Lipinski definition) is 1. The van der Waals surface area contributed by atoms with Crippen molar-refractivity contribution in [2.75, 3.05) is 30.4 Å². The first-order chi connectivity index (χ1) is 11.7. The Morgan fingerprint density at radius 2 is 2.00 bits per heavy atom. The van der Waals surface area contributed by atoms with Crippen molar-refractivity contribution >= 4 is 17.4 Å². The van der Waals surface area contributed by atoms with E-state index in [1.165, 1.54) is 6.20 Å². The molecule has 0 unspecified atom stereocenters. The second-order valence-electron chi connectivity index (χ2n) is 5.42. The number of aromatic nitrogens is 2. The molecule has 0 aliphatic heterocycles. The summed E-state index contributed by atoms with van der Waals surface area (Å²) in [5, 5.41) is 2.81. The Bertz CT molecular complexity index is 658. The molecule has 0 aliphatic carbocycles. The molecule has 1 amide bonds. The highest BCUT2D eigenvalue weighted by Gasteiger charge is 2.12. The van der Waals surface area contributed by atoms with Crippen LogP contribution in [0, 0.1) is 0 Å². The average Bonchev–Trinajstić information content (AvgIpc) is 2.61. The zero-order chi connectivity index (χ0) is 17.4. The minimum Gasteiger partial charge on any atom is -0.492 e. The molecule has 2 aromatic rings. The molecule has 0 saturated carbocycles. The van der Waals surface area contributed by atoms with Gasteiger partial charge in [-0.1, -0.05) is 25.5 Å². The summed E-state index contributed by atoms with van der Waals surface area (Å²) < 4.78 is 5.50. The van der Waals surface area contributed by atoms with Gasteiger partial charge in [0.15, 0.2) is 0 Å². The number of nitrogens with one attached hydrogen (secondary N) is 1. The summed E-state index contributed by atoms with van der Waals surface area (Å²) in [6.45, 7) is 5.49. The second-order valence-corrected chi connectivity index (χ2v) is 5.42. The Hall–Kier alpha value is -2.63. The van der Waals surface area contributed by atoms with E-state index in [2.05, 4.69) is 22.2 Å². The summed E-state index contributed by atoms with van der Waals surface area (Å²) in [5.41, 5.74) is 0.893. The van der Waals surface area contributed by atoms with Gasteiger partial charge in [-0.15, -0.1) is 0 Å². The van der Waals surface area contributed by atoms with Crippen molar-refractivity contribution < 1.29 is 9.53 Å². The van der Waals surface area contributed by atoms with Crippen LogP contribution in [-0.4, -0.2) is 36.1 Å². The third-order valence-electron chi connectivity index (χ3n) is 3.54. The van der Waals surface area contributed by atoms with Crippen molar-refractivity contribution in [2.45, 2.75) is 26.7 Å². The maximum atomic E-state index is 12.3. The van der Waals surface area contributed by atoms with Crippen LogP contribution in [0.25, 0.3) is 0 Å². The molecule has 0 bridgehead atoms. The maximum absolute atomic E-state index is 12.3. The molecular formula is C18H24N4O2. The fourth-order valence-corrected chi connectivity index (χ4v) is 2.18. The first kappa shape index (κ1) is 17.7. The molecule has 2 rings (SSSR count). The molecule has 1 heterocycles. The molecule has 0 radical (unpaired) electrons. The lowest BCUT2D eigenvalue weighted by molar-refractivity contribution is 0.102. The smallest absolute Gasteiger partial charge is 0.275 e. The van der Waals surface area contributed by atoms with Gasteiger partial charge in [-0.25, -0.2) is 9.97 Å². The van der Waals surface area contributed by atoms with E-state index in [1.54, 1.807) is 12.3 Å². The number of hydrogen-bond acceptors (Lipinski definition) is 5. The molecule has 128 valence electrons. The largest absolute Gasteiger partial charge is 0.492 e. The number of para-hydroxylation sites is 2. The molecule has 0 spiro atoms. The topological polar surface area (TPSA) is 67.4 Å². The molecule has 0 atom stereocenters. The van der Waals surface area contributed by atoms with Gasteiger partial charge in [0.25, 0.3) is 5.91 Å². The molecule has 1 aromatic heterocycles. The van der Waals surface area contributed by atoms with E-state index in [1.807, 2.05) is 37.1 Å². The maximum Gasteiger partial charge on any atom is 0.275 e. The fraction of sp³-hybridized carbons (Fsp3) is 0.389. The monoisotopic (exact) mass is 328 g/mol. The predicted octanol–water partition coefficient (Wildman–Crippen LogP) is 3.36. The van der Waals surface area contributed by atoms with Gasteiger partial charge in [-0.3, -0.25) is 4.79 Å². The number of ether oxygens (including phenoxy) is 1. The van der Waals surface area contributed by atoms with E-state index >= 15 is 0 Å². The third-order valence-corrected chi connectivity index (χ3v) is 3.54. The molecule has 0 fully saturated rings. The Morgan fingerprint density at radius 1 is 1.21 bits per heavy atom. The standard InChI is InChI=1S/C18H24N4O2/c1-4-6-11-22(3)17-13-19-15(12-20-17)18(23)21-14-9-7-8-10-16(14)24-5-2/h7-10,12-13H,4-6,11H2,1-3H3,(H,21,23). The van der Waals surface area contributed by atoms with Crippen molar-refractivity contribution in [3.8, 4) is 5.75 Å². The summed E-state index contributed by atoms with van der Waals surface area (Å²) in [6.07, 6.45) is 5.33. The van der Waals surface area contributed by atoms with Crippen LogP contribution in [0.3, 0.4) is 0 Å². The Balaban J connectivity index is 2.05. The number of benzene rings is 1. The lowest BCUT2D eigenvalue weighted by Gasteiger charge is -2.17. The van der Waals surface area contributed by atoms with Crippen molar-refractivity contribution in [1.29, 1.82) is 0 Å². The van der Waals surface area contributed by atoms with E-state index in [4.69, 9.17) is 4.74 Å². The number of carbonyl (C=O) groups is 1. The van der Waals surface area contributed by atoms with Crippen LogP contribution < -0.4 is 15.0 Å². The SMILES string of the molecule is CCCCN(C)c1cnc(C(=O)Nc2ccccc2OCC)cn1. The highest BCUT2D eigenvalue weighted by Crippen LogP contribution is 2.24. The van der Waals surface area contributed by atoms with E-state index in [0.29, 0.717) is 18.0 Å².